The van der Waals surface area contributed by atoms with Crippen LogP contribution in [-0.4, -0.2) is 0 Å². The minimum atomic E-state index is -0.0986. The van der Waals surface area contributed by atoms with E-state index in [9.17, 15) is 0 Å². The molecule has 0 atom stereocenters. The molecule has 0 aliphatic heterocycles. The van der Waals surface area contributed by atoms with Crippen LogP contribution in [0.2, 0.25) is 0 Å². The number of aryl methyl sites for hydroxylation is 2. The molecule has 0 bridgehead atoms. The minimum absolute atomic E-state index is 0.0986. The van der Waals surface area contributed by atoms with Crippen LogP contribution in [-0.2, 0) is 5.41 Å². The van der Waals surface area contributed by atoms with Crippen LogP contribution < -0.4 is 4.90 Å². The number of fused-ring (bicyclic) bond motifs is 7. The molecule has 1 aromatic heterocycles. The molecular weight excluding hydrogens is 571 g/mol. The SMILES string of the molecule is Cc1cc(-c2cccc3ccccc23)cc(C)c1N(c1ccc2c(c1)C(C)(C)c1ccccc1-2)c1ccc2c(c1)oc1ccccc12. The molecule has 2 heteroatoms. The van der Waals surface area contributed by atoms with E-state index in [-0.39, 0.29) is 5.41 Å². The zero-order valence-electron chi connectivity index (χ0n) is 27.1. The van der Waals surface area contributed by atoms with Crippen molar-refractivity contribution in [3.05, 3.63) is 162 Å². The second-order valence-electron chi connectivity index (χ2n) is 13.5. The summed E-state index contributed by atoms with van der Waals surface area (Å²) in [7, 11) is 0. The fourth-order valence-corrected chi connectivity index (χ4v) is 8.03. The number of anilines is 3. The van der Waals surface area contributed by atoms with Crippen molar-refractivity contribution < 1.29 is 4.42 Å². The third-order valence-electron chi connectivity index (χ3n) is 10.3. The van der Waals surface area contributed by atoms with Crippen molar-refractivity contribution in [2.24, 2.45) is 0 Å². The van der Waals surface area contributed by atoms with Crippen molar-refractivity contribution in [1.82, 2.24) is 0 Å². The topological polar surface area (TPSA) is 16.4 Å². The lowest BCUT2D eigenvalue weighted by Crippen LogP contribution is -2.17. The predicted octanol–water partition coefficient (Wildman–Crippen LogP) is 12.8. The number of benzene rings is 7. The highest BCUT2D eigenvalue weighted by Gasteiger charge is 2.36. The van der Waals surface area contributed by atoms with Crippen LogP contribution in [0.25, 0.3) is 55.0 Å². The molecule has 0 N–H and O–H groups in total. The Morgan fingerprint density at radius 3 is 1.96 bits per heavy atom. The van der Waals surface area contributed by atoms with E-state index in [4.69, 9.17) is 4.42 Å². The summed E-state index contributed by atoms with van der Waals surface area (Å²) in [5, 5.41) is 4.81. The Kier molecular flexibility index (Phi) is 6.01. The number of hydrogen-bond donors (Lipinski definition) is 0. The largest absolute Gasteiger partial charge is 0.456 e. The zero-order chi connectivity index (χ0) is 31.9. The van der Waals surface area contributed by atoms with Gasteiger partial charge in [-0.1, -0.05) is 105 Å². The van der Waals surface area contributed by atoms with E-state index in [2.05, 4.69) is 160 Å². The van der Waals surface area contributed by atoms with E-state index in [1.165, 1.54) is 61.0 Å². The fraction of sp³-hybridized carbons (Fsp3) is 0.111. The standard InChI is InChI=1S/C45H35NO/c1-28-24-31(35-17-11-13-30-12-5-6-14-34(30)35)25-29(2)44(28)46(33-21-23-39-38-16-8-10-19-42(38)47-43(39)27-33)32-20-22-37-36-15-7-9-18-40(36)45(3,4)41(37)26-32/h5-27H,1-4H3. The number of nitrogens with zero attached hydrogens (tertiary/aromatic N) is 1. The molecular formula is C45H35NO. The monoisotopic (exact) mass is 605 g/mol. The van der Waals surface area contributed by atoms with Gasteiger partial charge in [0.1, 0.15) is 11.2 Å². The smallest absolute Gasteiger partial charge is 0.137 e. The highest BCUT2D eigenvalue weighted by Crippen LogP contribution is 2.51. The van der Waals surface area contributed by atoms with Gasteiger partial charge in [0, 0.05) is 33.6 Å². The fourth-order valence-electron chi connectivity index (χ4n) is 8.03. The van der Waals surface area contributed by atoms with Crippen molar-refractivity contribution >= 4 is 49.8 Å². The minimum Gasteiger partial charge on any atom is -0.456 e. The Hall–Kier alpha value is -5.60. The van der Waals surface area contributed by atoms with E-state index in [0.717, 1.165) is 33.3 Å². The Labute approximate surface area is 275 Å². The maximum Gasteiger partial charge on any atom is 0.137 e. The van der Waals surface area contributed by atoms with Crippen LogP contribution in [0.5, 0.6) is 0 Å². The molecule has 0 saturated heterocycles. The summed E-state index contributed by atoms with van der Waals surface area (Å²) in [4.78, 5) is 2.43. The van der Waals surface area contributed by atoms with Gasteiger partial charge in [-0.2, -0.15) is 0 Å². The summed E-state index contributed by atoms with van der Waals surface area (Å²) >= 11 is 0. The van der Waals surface area contributed by atoms with Crippen LogP contribution in [0.4, 0.5) is 17.1 Å². The first-order chi connectivity index (χ1) is 22.9. The summed E-state index contributed by atoms with van der Waals surface area (Å²) < 4.78 is 6.42. The molecule has 0 radical (unpaired) electrons. The molecule has 226 valence electrons. The summed E-state index contributed by atoms with van der Waals surface area (Å²) in [5.41, 5.74) is 15.5. The molecule has 0 amide bonds. The van der Waals surface area contributed by atoms with Gasteiger partial charge in [0.25, 0.3) is 0 Å². The number of furan rings is 1. The lowest BCUT2D eigenvalue weighted by atomic mass is 9.82. The molecule has 0 saturated carbocycles. The molecule has 0 unspecified atom stereocenters. The molecule has 2 nitrogen and oxygen atoms in total. The van der Waals surface area contributed by atoms with Gasteiger partial charge in [-0.3, -0.25) is 0 Å². The van der Waals surface area contributed by atoms with Crippen LogP contribution in [0, 0.1) is 13.8 Å². The molecule has 8 aromatic rings. The van der Waals surface area contributed by atoms with Crippen LogP contribution in [0.1, 0.15) is 36.1 Å². The van der Waals surface area contributed by atoms with Gasteiger partial charge in [0.05, 0.1) is 5.69 Å². The Morgan fingerprint density at radius 2 is 1.11 bits per heavy atom. The van der Waals surface area contributed by atoms with Crippen LogP contribution >= 0.6 is 0 Å². The Balaban J connectivity index is 1.26. The van der Waals surface area contributed by atoms with E-state index in [0.29, 0.717) is 0 Å². The van der Waals surface area contributed by atoms with Crippen molar-refractivity contribution in [2.75, 3.05) is 4.90 Å². The number of rotatable bonds is 4. The maximum absolute atomic E-state index is 6.42. The molecule has 47 heavy (non-hydrogen) atoms. The van der Waals surface area contributed by atoms with Crippen molar-refractivity contribution in [3.63, 3.8) is 0 Å². The first kappa shape index (κ1) is 27.7. The average molecular weight is 606 g/mol. The van der Waals surface area contributed by atoms with Gasteiger partial charge in [-0.15, -0.1) is 0 Å². The lowest BCUT2D eigenvalue weighted by molar-refractivity contribution is 0.660. The number of hydrogen-bond acceptors (Lipinski definition) is 2. The second-order valence-corrected chi connectivity index (χ2v) is 13.5. The molecule has 0 spiro atoms. The van der Waals surface area contributed by atoms with Gasteiger partial charge >= 0.3 is 0 Å². The van der Waals surface area contributed by atoms with Crippen LogP contribution in [0.3, 0.4) is 0 Å². The second kappa shape index (κ2) is 10.2. The van der Waals surface area contributed by atoms with Gasteiger partial charge in [-0.25, -0.2) is 0 Å². The van der Waals surface area contributed by atoms with Gasteiger partial charge in [-0.05, 0) is 112 Å². The molecule has 9 rings (SSSR count). The third kappa shape index (κ3) is 4.18. The lowest BCUT2D eigenvalue weighted by Gasteiger charge is -2.31. The first-order valence-electron chi connectivity index (χ1n) is 16.4. The summed E-state index contributed by atoms with van der Waals surface area (Å²) in [5.74, 6) is 0. The summed E-state index contributed by atoms with van der Waals surface area (Å²) in [6.07, 6.45) is 0. The third-order valence-corrected chi connectivity index (χ3v) is 10.3. The van der Waals surface area contributed by atoms with Crippen molar-refractivity contribution in [2.45, 2.75) is 33.1 Å². The normalized spacial score (nSPS) is 13.3. The summed E-state index contributed by atoms with van der Waals surface area (Å²) in [6, 6.07) is 50.8. The highest BCUT2D eigenvalue weighted by molar-refractivity contribution is 6.06. The van der Waals surface area contributed by atoms with Gasteiger partial charge < -0.3 is 9.32 Å². The highest BCUT2D eigenvalue weighted by atomic mass is 16.3. The molecule has 0 fully saturated rings. The Morgan fingerprint density at radius 1 is 0.489 bits per heavy atom. The van der Waals surface area contributed by atoms with Gasteiger partial charge in [0.15, 0.2) is 0 Å². The number of para-hydroxylation sites is 1. The first-order valence-corrected chi connectivity index (χ1v) is 16.4. The zero-order valence-corrected chi connectivity index (χ0v) is 27.1. The summed E-state index contributed by atoms with van der Waals surface area (Å²) in [6.45, 7) is 9.19. The predicted molar refractivity (Wildman–Crippen MR) is 198 cm³/mol. The van der Waals surface area contributed by atoms with E-state index in [1.54, 1.807) is 0 Å². The quantitative estimate of drug-likeness (QED) is 0.198. The molecule has 1 aliphatic carbocycles. The molecule has 1 aliphatic rings. The van der Waals surface area contributed by atoms with Crippen LogP contribution in [0.15, 0.2) is 144 Å². The van der Waals surface area contributed by atoms with Crippen molar-refractivity contribution in [3.8, 4) is 22.3 Å². The van der Waals surface area contributed by atoms with E-state index < -0.39 is 0 Å². The van der Waals surface area contributed by atoms with Crippen molar-refractivity contribution in [1.29, 1.82) is 0 Å². The van der Waals surface area contributed by atoms with E-state index >= 15 is 0 Å². The Bertz CT molecular complexity index is 2500. The molecule has 7 aromatic carbocycles. The van der Waals surface area contributed by atoms with E-state index in [1.807, 2.05) is 12.1 Å². The van der Waals surface area contributed by atoms with Gasteiger partial charge in [0.2, 0.25) is 0 Å². The average Bonchev–Trinajstić information content (AvgIpc) is 3.57. The maximum atomic E-state index is 6.42. The molecule has 1 heterocycles.